The number of nitrogens with two attached hydrogens (primary N) is 1. The van der Waals surface area contributed by atoms with Gasteiger partial charge in [0.2, 0.25) is 0 Å². The van der Waals surface area contributed by atoms with Crippen molar-refractivity contribution in [3.63, 3.8) is 0 Å². The normalized spacial score (nSPS) is 10.6. The molecule has 0 fully saturated rings. The van der Waals surface area contributed by atoms with E-state index in [9.17, 15) is 0 Å². The Morgan fingerprint density at radius 1 is 1.24 bits per heavy atom. The number of hydrogen-bond donors (Lipinski definition) is 3. The average molecular weight is 226 g/mol. The monoisotopic (exact) mass is 226 g/mol. The van der Waals surface area contributed by atoms with E-state index in [-0.39, 0.29) is 0 Å². The molecule has 0 aliphatic carbocycles. The Kier molecular flexibility index (Phi) is 2.11. The largest absolute Gasteiger partial charge is 0.382 e. The molecule has 0 saturated carbocycles. The van der Waals surface area contributed by atoms with Crippen molar-refractivity contribution in [2.45, 2.75) is 0 Å². The van der Waals surface area contributed by atoms with Gasteiger partial charge in [-0.2, -0.15) is 10.2 Å². The first-order chi connectivity index (χ1) is 8.36. The summed E-state index contributed by atoms with van der Waals surface area (Å²) in [6, 6.07) is 5.66. The quantitative estimate of drug-likeness (QED) is 0.616. The zero-order valence-corrected chi connectivity index (χ0v) is 8.88. The topological polar surface area (TPSA) is 96.3 Å². The van der Waals surface area contributed by atoms with E-state index in [1.54, 1.807) is 18.6 Å². The van der Waals surface area contributed by atoms with E-state index < -0.39 is 0 Å². The molecule has 0 spiro atoms. The predicted octanol–water partition coefficient (Wildman–Crippen LogP) is 1.44. The first-order valence-electron chi connectivity index (χ1n) is 5.10. The lowest BCUT2D eigenvalue weighted by Crippen LogP contribution is -1.90. The maximum Gasteiger partial charge on any atom is 0.155 e. The number of aromatic amines is 2. The maximum atomic E-state index is 5.87. The Morgan fingerprint density at radius 3 is 2.88 bits per heavy atom. The molecule has 4 N–H and O–H groups in total. The van der Waals surface area contributed by atoms with Crippen molar-refractivity contribution in [3.8, 4) is 22.5 Å². The second-order valence-corrected chi connectivity index (χ2v) is 3.56. The van der Waals surface area contributed by atoms with Gasteiger partial charge in [-0.15, -0.1) is 0 Å². The third-order valence-electron chi connectivity index (χ3n) is 2.50. The van der Waals surface area contributed by atoms with Crippen molar-refractivity contribution in [3.05, 3.63) is 36.8 Å². The highest BCUT2D eigenvalue weighted by Crippen LogP contribution is 2.32. The summed E-state index contributed by atoms with van der Waals surface area (Å²) in [4.78, 5) is 4.28. The van der Waals surface area contributed by atoms with Crippen LogP contribution in [0.4, 0.5) is 5.82 Å². The molecule has 0 saturated heterocycles. The Balaban J connectivity index is 2.20. The van der Waals surface area contributed by atoms with Gasteiger partial charge in [0, 0.05) is 18.0 Å². The van der Waals surface area contributed by atoms with Crippen LogP contribution in [0.15, 0.2) is 36.8 Å². The van der Waals surface area contributed by atoms with Gasteiger partial charge in [-0.3, -0.25) is 15.2 Å². The highest BCUT2D eigenvalue weighted by atomic mass is 15.2. The fraction of sp³-hybridized carbons (Fsp3) is 0. The number of anilines is 1. The maximum absolute atomic E-state index is 5.87. The van der Waals surface area contributed by atoms with Gasteiger partial charge in [-0.05, 0) is 12.1 Å². The summed E-state index contributed by atoms with van der Waals surface area (Å²) in [6.07, 6.45) is 5.21. The molecule has 3 rings (SSSR count). The second kappa shape index (κ2) is 3.75. The highest BCUT2D eigenvalue weighted by Gasteiger charge is 2.15. The van der Waals surface area contributed by atoms with E-state index in [1.807, 2.05) is 18.2 Å². The number of aromatic nitrogens is 5. The Hall–Kier alpha value is -2.63. The summed E-state index contributed by atoms with van der Waals surface area (Å²) >= 11 is 0. The van der Waals surface area contributed by atoms with Gasteiger partial charge in [-0.1, -0.05) is 6.07 Å². The van der Waals surface area contributed by atoms with E-state index in [0.29, 0.717) is 5.82 Å². The Labute approximate surface area is 96.9 Å². The molecular formula is C11H10N6. The van der Waals surface area contributed by atoms with E-state index in [1.165, 1.54) is 0 Å². The van der Waals surface area contributed by atoms with Crippen molar-refractivity contribution < 1.29 is 0 Å². The van der Waals surface area contributed by atoms with Gasteiger partial charge in [-0.25, -0.2) is 0 Å². The summed E-state index contributed by atoms with van der Waals surface area (Å²) in [5.74, 6) is 0.430. The number of rotatable bonds is 2. The molecule has 0 bridgehead atoms. The molecule has 0 aromatic carbocycles. The Morgan fingerprint density at radius 2 is 2.18 bits per heavy atom. The molecule has 6 nitrogen and oxygen atoms in total. The minimum absolute atomic E-state index is 0.430. The van der Waals surface area contributed by atoms with Crippen LogP contribution in [0.2, 0.25) is 0 Å². The first-order valence-corrected chi connectivity index (χ1v) is 5.10. The number of nitrogens with zero attached hydrogens (tertiary/aromatic N) is 3. The van der Waals surface area contributed by atoms with Crippen molar-refractivity contribution in [2.24, 2.45) is 0 Å². The predicted molar refractivity (Wildman–Crippen MR) is 63.8 cm³/mol. The average Bonchev–Trinajstić information content (AvgIpc) is 2.98. The summed E-state index contributed by atoms with van der Waals surface area (Å²) in [5, 5.41) is 13.6. The molecule has 0 radical (unpaired) electrons. The zero-order chi connectivity index (χ0) is 11.7. The van der Waals surface area contributed by atoms with Gasteiger partial charge >= 0.3 is 0 Å². The van der Waals surface area contributed by atoms with Crippen LogP contribution in [-0.4, -0.2) is 25.4 Å². The van der Waals surface area contributed by atoms with Crippen LogP contribution in [0.5, 0.6) is 0 Å². The molecule has 3 heterocycles. The molecule has 6 heteroatoms. The van der Waals surface area contributed by atoms with Gasteiger partial charge in [0.1, 0.15) is 0 Å². The summed E-state index contributed by atoms with van der Waals surface area (Å²) < 4.78 is 0. The zero-order valence-electron chi connectivity index (χ0n) is 8.88. The van der Waals surface area contributed by atoms with Crippen LogP contribution in [-0.2, 0) is 0 Å². The minimum Gasteiger partial charge on any atom is -0.382 e. The van der Waals surface area contributed by atoms with Crippen LogP contribution in [0.1, 0.15) is 0 Å². The van der Waals surface area contributed by atoms with Gasteiger partial charge in [0.25, 0.3) is 0 Å². The molecular weight excluding hydrogens is 216 g/mol. The lowest BCUT2D eigenvalue weighted by Gasteiger charge is -2.00. The standard InChI is InChI=1S/C11H10N6/c12-11-9(8-3-1-2-4-13-8)10(16-17-11)7-5-14-15-6-7/h1-6H,(H,14,15)(H3,12,16,17). The fourth-order valence-electron chi connectivity index (χ4n) is 1.72. The van der Waals surface area contributed by atoms with Crippen LogP contribution in [0, 0.1) is 0 Å². The summed E-state index contributed by atoms with van der Waals surface area (Å²) in [5.41, 5.74) is 9.16. The second-order valence-electron chi connectivity index (χ2n) is 3.56. The molecule has 0 amide bonds. The van der Waals surface area contributed by atoms with Gasteiger partial charge in [0.05, 0.1) is 23.1 Å². The highest BCUT2D eigenvalue weighted by molar-refractivity contribution is 5.85. The SMILES string of the molecule is Nc1n[nH]c(-c2cn[nH]c2)c1-c1ccccn1. The number of H-pyrrole nitrogens is 2. The first kappa shape index (κ1) is 9.59. The number of pyridine rings is 1. The fourth-order valence-corrected chi connectivity index (χ4v) is 1.72. The summed E-state index contributed by atoms with van der Waals surface area (Å²) in [6.45, 7) is 0. The molecule has 3 aromatic rings. The van der Waals surface area contributed by atoms with Crippen LogP contribution >= 0.6 is 0 Å². The third kappa shape index (κ3) is 1.55. The van der Waals surface area contributed by atoms with Crippen LogP contribution < -0.4 is 5.73 Å². The number of nitrogen functional groups attached to an aromatic ring is 1. The van der Waals surface area contributed by atoms with Crippen molar-refractivity contribution in [1.29, 1.82) is 0 Å². The third-order valence-corrected chi connectivity index (χ3v) is 2.50. The van der Waals surface area contributed by atoms with Crippen molar-refractivity contribution in [2.75, 3.05) is 5.73 Å². The Bertz CT molecular complexity index is 611. The number of hydrogen-bond acceptors (Lipinski definition) is 4. The molecule has 3 aromatic heterocycles. The van der Waals surface area contributed by atoms with E-state index in [4.69, 9.17) is 5.73 Å². The minimum atomic E-state index is 0.430. The lowest BCUT2D eigenvalue weighted by atomic mass is 10.1. The molecule has 0 aliphatic rings. The lowest BCUT2D eigenvalue weighted by molar-refractivity contribution is 1.09. The van der Waals surface area contributed by atoms with Gasteiger partial charge in [0.15, 0.2) is 5.82 Å². The molecule has 84 valence electrons. The van der Waals surface area contributed by atoms with Crippen LogP contribution in [0.3, 0.4) is 0 Å². The van der Waals surface area contributed by atoms with E-state index >= 15 is 0 Å². The molecule has 0 aliphatic heterocycles. The van der Waals surface area contributed by atoms with Crippen LogP contribution in [0.25, 0.3) is 22.5 Å². The smallest absolute Gasteiger partial charge is 0.155 e. The molecule has 0 atom stereocenters. The van der Waals surface area contributed by atoms with E-state index in [2.05, 4.69) is 25.4 Å². The molecule has 17 heavy (non-hydrogen) atoms. The molecule has 0 unspecified atom stereocenters. The van der Waals surface area contributed by atoms with E-state index in [0.717, 1.165) is 22.5 Å². The van der Waals surface area contributed by atoms with Crippen molar-refractivity contribution >= 4 is 5.82 Å². The van der Waals surface area contributed by atoms with Gasteiger partial charge < -0.3 is 5.73 Å². The number of nitrogens with one attached hydrogen (secondary N) is 2. The summed E-state index contributed by atoms with van der Waals surface area (Å²) in [7, 11) is 0. The van der Waals surface area contributed by atoms with Crippen molar-refractivity contribution in [1.82, 2.24) is 25.4 Å².